The van der Waals surface area contributed by atoms with Crippen LogP contribution in [0.15, 0.2) is 54.7 Å². The normalized spacial score (nSPS) is 12.0. The van der Waals surface area contributed by atoms with E-state index in [1.54, 1.807) is 19.2 Å². The van der Waals surface area contributed by atoms with Crippen LogP contribution in [0, 0.1) is 0 Å². The maximum Gasteiger partial charge on any atom is 0.311 e. The van der Waals surface area contributed by atoms with Crippen molar-refractivity contribution < 1.29 is 19.1 Å². The number of rotatable bonds is 12. The van der Waals surface area contributed by atoms with Crippen molar-refractivity contribution in [3.8, 4) is 17.0 Å². The lowest BCUT2D eigenvalue weighted by Crippen LogP contribution is -2.14. The molecule has 1 atom stereocenters. The summed E-state index contributed by atoms with van der Waals surface area (Å²) in [6.07, 6.45) is 10.8. The summed E-state index contributed by atoms with van der Waals surface area (Å²) in [6, 6.07) is 11.8. The smallest absolute Gasteiger partial charge is 0.311 e. The summed E-state index contributed by atoms with van der Waals surface area (Å²) >= 11 is 0. The molecule has 0 amide bonds. The van der Waals surface area contributed by atoms with E-state index in [0.717, 1.165) is 43.4 Å². The monoisotopic (exact) mass is 423 g/mol. The standard InChI is InChI=1S/C26H33NO4/c1-4-6-7-8-9-10-26(29)31-23-17-18-24(27-19-23)22-15-13-21(14-16-22)12-11-20(3)30-25(28)5-2/h6-7,13-20H,4-5,8-12H2,1-3H3. The number of nitrogens with zero attached hydrogens (tertiary/aromatic N) is 1. The Morgan fingerprint density at radius 1 is 1.03 bits per heavy atom. The van der Waals surface area contributed by atoms with Crippen molar-refractivity contribution in [3.05, 3.63) is 60.3 Å². The fourth-order valence-corrected chi connectivity index (χ4v) is 3.02. The molecule has 0 aliphatic heterocycles. The van der Waals surface area contributed by atoms with E-state index in [9.17, 15) is 9.59 Å². The summed E-state index contributed by atoms with van der Waals surface area (Å²) in [5.41, 5.74) is 3.00. The van der Waals surface area contributed by atoms with Gasteiger partial charge in [0.15, 0.2) is 0 Å². The number of pyridine rings is 1. The molecule has 0 fully saturated rings. The second-order valence-corrected chi connectivity index (χ2v) is 7.51. The molecule has 2 aromatic rings. The van der Waals surface area contributed by atoms with Crippen LogP contribution in [-0.2, 0) is 20.7 Å². The fraction of sp³-hybridized carbons (Fsp3) is 0.423. The Labute approximate surface area is 185 Å². The molecule has 2 rings (SSSR count). The van der Waals surface area contributed by atoms with E-state index in [1.807, 2.05) is 25.1 Å². The van der Waals surface area contributed by atoms with Gasteiger partial charge in [-0.15, -0.1) is 0 Å². The second kappa shape index (κ2) is 13.4. The van der Waals surface area contributed by atoms with Gasteiger partial charge in [0.1, 0.15) is 5.75 Å². The zero-order chi connectivity index (χ0) is 22.5. The van der Waals surface area contributed by atoms with Crippen LogP contribution in [0.5, 0.6) is 5.75 Å². The first-order chi connectivity index (χ1) is 15.0. The van der Waals surface area contributed by atoms with E-state index >= 15 is 0 Å². The molecular weight excluding hydrogens is 390 g/mol. The van der Waals surface area contributed by atoms with Gasteiger partial charge in [0.05, 0.1) is 18.0 Å². The molecular formula is C26H33NO4. The van der Waals surface area contributed by atoms with Crippen molar-refractivity contribution in [2.45, 2.75) is 71.8 Å². The molecule has 0 aliphatic rings. The third-order valence-electron chi connectivity index (χ3n) is 4.83. The summed E-state index contributed by atoms with van der Waals surface area (Å²) < 4.78 is 10.7. The van der Waals surface area contributed by atoms with E-state index in [0.29, 0.717) is 18.6 Å². The third kappa shape index (κ3) is 9.16. The van der Waals surface area contributed by atoms with Gasteiger partial charge < -0.3 is 9.47 Å². The number of carbonyl (C=O) groups excluding carboxylic acids is 2. The molecule has 0 N–H and O–H groups in total. The Bertz CT molecular complexity index is 841. The lowest BCUT2D eigenvalue weighted by Gasteiger charge is -2.12. The van der Waals surface area contributed by atoms with Gasteiger partial charge in [-0.05, 0) is 56.7 Å². The first-order valence-corrected chi connectivity index (χ1v) is 11.1. The summed E-state index contributed by atoms with van der Waals surface area (Å²) in [5.74, 6) is 0.0694. The summed E-state index contributed by atoms with van der Waals surface area (Å²) in [6.45, 7) is 5.81. The predicted molar refractivity (Wildman–Crippen MR) is 123 cm³/mol. The molecule has 31 heavy (non-hydrogen) atoms. The third-order valence-corrected chi connectivity index (χ3v) is 4.83. The van der Waals surface area contributed by atoms with Crippen LogP contribution in [0.4, 0.5) is 0 Å². The summed E-state index contributed by atoms with van der Waals surface area (Å²) in [5, 5.41) is 0. The molecule has 1 aromatic carbocycles. The first kappa shape index (κ1) is 24.3. The van der Waals surface area contributed by atoms with Gasteiger partial charge in [-0.3, -0.25) is 14.6 Å². The maximum absolute atomic E-state index is 11.9. The number of esters is 2. The van der Waals surface area contributed by atoms with Crippen molar-refractivity contribution >= 4 is 11.9 Å². The molecule has 1 aromatic heterocycles. The van der Waals surface area contributed by atoms with Crippen LogP contribution in [0.25, 0.3) is 11.3 Å². The Kier molecular flexibility index (Phi) is 10.5. The van der Waals surface area contributed by atoms with Gasteiger partial charge in [-0.25, -0.2) is 0 Å². The van der Waals surface area contributed by atoms with Crippen molar-refractivity contribution in [2.24, 2.45) is 0 Å². The number of unbranched alkanes of at least 4 members (excludes halogenated alkanes) is 1. The SMILES string of the molecule is CCC=CCCCC(=O)Oc1ccc(-c2ccc(CCC(C)OC(=O)CC)cc2)nc1. The molecule has 5 heteroatoms. The summed E-state index contributed by atoms with van der Waals surface area (Å²) in [4.78, 5) is 27.7. The molecule has 0 aliphatic carbocycles. The van der Waals surface area contributed by atoms with Gasteiger partial charge in [-0.2, -0.15) is 0 Å². The number of ether oxygens (including phenoxy) is 2. The van der Waals surface area contributed by atoms with Crippen LogP contribution < -0.4 is 4.74 Å². The molecule has 5 nitrogen and oxygen atoms in total. The van der Waals surface area contributed by atoms with Crippen molar-refractivity contribution in [1.29, 1.82) is 0 Å². The van der Waals surface area contributed by atoms with Crippen LogP contribution in [0.2, 0.25) is 0 Å². The molecule has 1 heterocycles. The van der Waals surface area contributed by atoms with E-state index < -0.39 is 0 Å². The fourth-order valence-electron chi connectivity index (χ4n) is 3.02. The molecule has 1 unspecified atom stereocenters. The van der Waals surface area contributed by atoms with Crippen molar-refractivity contribution in [1.82, 2.24) is 4.98 Å². The highest BCUT2D eigenvalue weighted by Gasteiger charge is 2.09. The highest BCUT2D eigenvalue weighted by atomic mass is 16.5. The summed E-state index contributed by atoms with van der Waals surface area (Å²) in [7, 11) is 0. The number of aromatic nitrogens is 1. The molecule has 0 saturated carbocycles. The largest absolute Gasteiger partial charge is 0.463 e. The maximum atomic E-state index is 11.9. The van der Waals surface area contributed by atoms with Gasteiger partial charge in [-0.1, -0.05) is 50.3 Å². The van der Waals surface area contributed by atoms with Crippen molar-refractivity contribution in [2.75, 3.05) is 0 Å². The van der Waals surface area contributed by atoms with Crippen LogP contribution >= 0.6 is 0 Å². The number of hydrogen-bond acceptors (Lipinski definition) is 5. The molecule has 166 valence electrons. The minimum atomic E-state index is -0.234. The number of benzene rings is 1. The van der Waals surface area contributed by atoms with Crippen LogP contribution in [-0.4, -0.2) is 23.0 Å². The predicted octanol–water partition coefficient (Wildman–Crippen LogP) is 6.06. The Morgan fingerprint density at radius 3 is 2.45 bits per heavy atom. The Balaban J connectivity index is 1.82. The topological polar surface area (TPSA) is 65.5 Å². The molecule has 0 bridgehead atoms. The van der Waals surface area contributed by atoms with E-state index in [4.69, 9.17) is 9.47 Å². The van der Waals surface area contributed by atoms with E-state index in [2.05, 4.69) is 36.2 Å². The molecule has 0 spiro atoms. The quantitative estimate of drug-likeness (QED) is 0.236. The zero-order valence-corrected chi connectivity index (χ0v) is 18.8. The zero-order valence-electron chi connectivity index (χ0n) is 18.8. The average Bonchev–Trinajstić information content (AvgIpc) is 2.78. The second-order valence-electron chi connectivity index (χ2n) is 7.51. The number of allylic oxidation sites excluding steroid dienone is 2. The van der Waals surface area contributed by atoms with E-state index in [1.165, 1.54) is 5.56 Å². The highest BCUT2D eigenvalue weighted by molar-refractivity contribution is 5.72. The van der Waals surface area contributed by atoms with Gasteiger partial charge in [0, 0.05) is 18.4 Å². The minimum Gasteiger partial charge on any atom is -0.463 e. The van der Waals surface area contributed by atoms with Gasteiger partial charge in [0.25, 0.3) is 0 Å². The number of carbonyl (C=O) groups is 2. The molecule has 0 saturated heterocycles. The van der Waals surface area contributed by atoms with Crippen LogP contribution in [0.1, 0.15) is 64.9 Å². The average molecular weight is 424 g/mol. The lowest BCUT2D eigenvalue weighted by atomic mass is 10.0. The minimum absolute atomic E-state index is 0.0862. The Morgan fingerprint density at radius 2 is 1.81 bits per heavy atom. The van der Waals surface area contributed by atoms with Gasteiger partial charge in [0.2, 0.25) is 0 Å². The van der Waals surface area contributed by atoms with Crippen molar-refractivity contribution in [3.63, 3.8) is 0 Å². The number of aryl methyl sites for hydroxylation is 1. The number of hydrogen-bond donors (Lipinski definition) is 0. The van der Waals surface area contributed by atoms with E-state index in [-0.39, 0.29) is 18.0 Å². The first-order valence-electron chi connectivity index (χ1n) is 11.1. The van der Waals surface area contributed by atoms with Crippen LogP contribution in [0.3, 0.4) is 0 Å². The Hall–Kier alpha value is -2.95. The molecule has 0 radical (unpaired) electrons. The lowest BCUT2D eigenvalue weighted by molar-refractivity contribution is -0.148. The van der Waals surface area contributed by atoms with Gasteiger partial charge >= 0.3 is 11.9 Å². The highest BCUT2D eigenvalue weighted by Crippen LogP contribution is 2.21.